The largest absolute Gasteiger partial charge is 0.461 e. The molecule has 0 saturated carbocycles. The molecule has 1 N–H and O–H groups in total. The number of halogens is 3. The average molecular weight is 336 g/mol. The van der Waals surface area contributed by atoms with Crippen molar-refractivity contribution in [3.63, 3.8) is 0 Å². The number of hydrogen-bond acceptors (Lipinski definition) is 5. The van der Waals surface area contributed by atoms with E-state index in [0.29, 0.717) is 16.5 Å². The Kier molecular flexibility index (Phi) is 3.92. The van der Waals surface area contributed by atoms with Crippen LogP contribution in [0.1, 0.15) is 23.0 Å². The summed E-state index contributed by atoms with van der Waals surface area (Å²) in [5.41, 5.74) is -0.233. The van der Waals surface area contributed by atoms with Crippen LogP contribution in [0.2, 0.25) is 0 Å². The summed E-state index contributed by atoms with van der Waals surface area (Å²) < 4.78 is 43.1. The number of rotatable bonds is 3. The van der Waals surface area contributed by atoms with Gasteiger partial charge in [-0.1, -0.05) is 11.3 Å². The summed E-state index contributed by atoms with van der Waals surface area (Å²) in [6.07, 6.45) is -3.13. The summed E-state index contributed by atoms with van der Waals surface area (Å²) in [6, 6.07) is 4.88. The number of hydrogen-bond donors (Lipinski definition) is 1. The van der Waals surface area contributed by atoms with E-state index in [-0.39, 0.29) is 18.0 Å². The first kappa shape index (κ1) is 15.9. The molecule has 0 saturated heterocycles. The lowest BCUT2D eigenvalue weighted by Gasteiger charge is -2.08. The summed E-state index contributed by atoms with van der Waals surface area (Å²) in [6.45, 7) is 1.84. The SMILES string of the molecule is CCOC(=O)c1[nH]nnc1-c1cc2ccc(C(F)(F)F)cc2cn1. The van der Waals surface area contributed by atoms with E-state index in [1.165, 1.54) is 18.3 Å². The van der Waals surface area contributed by atoms with Gasteiger partial charge in [-0.15, -0.1) is 5.10 Å². The lowest BCUT2D eigenvalue weighted by molar-refractivity contribution is -0.137. The molecular weight excluding hydrogens is 325 g/mol. The predicted octanol–water partition coefficient (Wildman–Crippen LogP) is 3.22. The van der Waals surface area contributed by atoms with Crippen LogP contribution < -0.4 is 0 Å². The number of H-pyrrole nitrogens is 1. The van der Waals surface area contributed by atoms with Gasteiger partial charge in [0.2, 0.25) is 0 Å². The van der Waals surface area contributed by atoms with Crippen LogP contribution in [0.3, 0.4) is 0 Å². The molecule has 0 aliphatic carbocycles. The molecule has 0 fully saturated rings. The molecule has 9 heteroatoms. The van der Waals surface area contributed by atoms with Crippen LogP contribution >= 0.6 is 0 Å². The Hall–Kier alpha value is -2.97. The zero-order valence-electron chi connectivity index (χ0n) is 12.4. The number of aromatic nitrogens is 4. The third kappa shape index (κ3) is 2.92. The first-order valence-corrected chi connectivity index (χ1v) is 6.95. The molecule has 0 atom stereocenters. The van der Waals surface area contributed by atoms with Crippen LogP contribution in [0, 0.1) is 0 Å². The van der Waals surface area contributed by atoms with E-state index in [2.05, 4.69) is 20.4 Å². The summed E-state index contributed by atoms with van der Waals surface area (Å²) in [5.74, 6) is -0.633. The first-order chi connectivity index (χ1) is 11.4. The number of nitrogens with one attached hydrogen (secondary N) is 1. The molecule has 1 aromatic carbocycles. The molecule has 124 valence electrons. The Morgan fingerprint density at radius 3 is 2.75 bits per heavy atom. The second-order valence-electron chi connectivity index (χ2n) is 4.89. The summed E-state index contributed by atoms with van der Waals surface area (Å²) >= 11 is 0. The zero-order chi connectivity index (χ0) is 17.3. The van der Waals surface area contributed by atoms with Crippen LogP contribution in [0.5, 0.6) is 0 Å². The normalized spacial score (nSPS) is 11.7. The number of pyridine rings is 1. The number of nitrogens with zero attached hydrogens (tertiary/aromatic N) is 3. The van der Waals surface area contributed by atoms with Crippen LogP contribution in [-0.4, -0.2) is 33.0 Å². The van der Waals surface area contributed by atoms with Gasteiger partial charge in [0.1, 0.15) is 5.69 Å². The molecule has 0 bridgehead atoms. The number of esters is 1. The van der Waals surface area contributed by atoms with Gasteiger partial charge in [0.05, 0.1) is 17.9 Å². The van der Waals surface area contributed by atoms with Crippen molar-refractivity contribution in [2.45, 2.75) is 13.1 Å². The molecule has 0 unspecified atom stereocenters. The van der Waals surface area contributed by atoms with Crippen molar-refractivity contribution in [1.29, 1.82) is 0 Å². The summed E-state index contributed by atoms with van der Waals surface area (Å²) in [7, 11) is 0. The van der Waals surface area contributed by atoms with E-state index in [4.69, 9.17) is 4.74 Å². The maximum absolute atomic E-state index is 12.7. The molecule has 0 spiro atoms. The molecule has 24 heavy (non-hydrogen) atoms. The molecule has 6 nitrogen and oxygen atoms in total. The van der Waals surface area contributed by atoms with E-state index in [9.17, 15) is 18.0 Å². The lowest BCUT2D eigenvalue weighted by atomic mass is 10.1. The number of carbonyl (C=O) groups excluding carboxylic acids is 1. The Bertz CT molecular complexity index is 905. The molecule has 0 amide bonds. The van der Waals surface area contributed by atoms with E-state index in [0.717, 1.165) is 12.1 Å². The highest BCUT2D eigenvalue weighted by molar-refractivity contribution is 5.94. The average Bonchev–Trinajstić information content (AvgIpc) is 3.03. The van der Waals surface area contributed by atoms with Crippen molar-refractivity contribution < 1.29 is 22.7 Å². The quantitative estimate of drug-likeness (QED) is 0.743. The maximum atomic E-state index is 12.7. The second kappa shape index (κ2) is 5.91. The molecule has 3 rings (SSSR count). The summed E-state index contributed by atoms with van der Waals surface area (Å²) in [4.78, 5) is 15.9. The number of carbonyl (C=O) groups is 1. The fraction of sp³-hybridized carbons (Fsp3) is 0.200. The van der Waals surface area contributed by atoms with E-state index < -0.39 is 17.7 Å². The zero-order valence-corrected chi connectivity index (χ0v) is 12.4. The fourth-order valence-electron chi connectivity index (χ4n) is 2.20. The van der Waals surface area contributed by atoms with Gasteiger partial charge in [0.25, 0.3) is 0 Å². The Balaban J connectivity index is 2.04. The number of aromatic amines is 1. The third-order valence-corrected chi connectivity index (χ3v) is 3.32. The molecule has 0 aliphatic heterocycles. The summed E-state index contributed by atoms with van der Waals surface area (Å²) in [5, 5.41) is 10.7. The van der Waals surface area contributed by atoms with Crippen LogP contribution in [0.25, 0.3) is 22.2 Å². The Labute approximate surface area is 133 Å². The van der Waals surface area contributed by atoms with Crippen molar-refractivity contribution in [1.82, 2.24) is 20.4 Å². The number of benzene rings is 1. The van der Waals surface area contributed by atoms with Crippen molar-refractivity contribution in [2.24, 2.45) is 0 Å². The smallest absolute Gasteiger partial charge is 0.416 e. The molecule has 2 heterocycles. The molecule has 0 radical (unpaired) electrons. The maximum Gasteiger partial charge on any atom is 0.416 e. The monoisotopic (exact) mass is 336 g/mol. The minimum Gasteiger partial charge on any atom is -0.461 e. The highest BCUT2D eigenvalue weighted by atomic mass is 19.4. The Morgan fingerprint density at radius 1 is 1.25 bits per heavy atom. The van der Waals surface area contributed by atoms with Gasteiger partial charge < -0.3 is 4.74 Å². The minimum absolute atomic E-state index is 0.0376. The van der Waals surface area contributed by atoms with Gasteiger partial charge in [-0.05, 0) is 30.5 Å². The predicted molar refractivity (Wildman–Crippen MR) is 78.1 cm³/mol. The number of alkyl halides is 3. The van der Waals surface area contributed by atoms with Crippen LogP contribution in [-0.2, 0) is 10.9 Å². The Morgan fingerprint density at radius 2 is 2.04 bits per heavy atom. The van der Waals surface area contributed by atoms with Crippen molar-refractivity contribution >= 4 is 16.7 Å². The first-order valence-electron chi connectivity index (χ1n) is 6.95. The van der Waals surface area contributed by atoms with E-state index in [1.54, 1.807) is 6.92 Å². The van der Waals surface area contributed by atoms with Crippen molar-refractivity contribution in [3.05, 3.63) is 41.7 Å². The van der Waals surface area contributed by atoms with Crippen LogP contribution in [0.4, 0.5) is 13.2 Å². The highest BCUT2D eigenvalue weighted by Gasteiger charge is 2.30. The van der Waals surface area contributed by atoms with Crippen molar-refractivity contribution in [3.8, 4) is 11.4 Å². The fourth-order valence-corrected chi connectivity index (χ4v) is 2.20. The minimum atomic E-state index is -4.42. The number of ether oxygens (including phenoxy) is 1. The molecule has 2 aromatic heterocycles. The van der Waals surface area contributed by atoms with E-state index in [1.807, 2.05) is 0 Å². The van der Waals surface area contributed by atoms with Gasteiger partial charge in [-0.3, -0.25) is 10.1 Å². The van der Waals surface area contributed by atoms with E-state index >= 15 is 0 Å². The van der Waals surface area contributed by atoms with Gasteiger partial charge in [-0.25, -0.2) is 4.79 Å². The third-order valence-electron chi connectivity index (χ3n) is 3.32. The van der Waals surface area contributed by atoms with Crippen molar-refractivity contribution in [2.75, 3.05) is 6.61 Å². The van der Waals surface area contributed by atoms with Gasteiger partial charge >= 0.3 is 12.1 Å². The highest BCUT2D eigenvalue weighted by Crippen LogP contribution is 2.32. The lowest BCUT2D eigenvalue weighted by Crippen LogP contribution is -2.07. The molecular formula is C15H11F3N4O2. The second-order valence-corrected chi connectivity index (χ2v) is 4.89. The molecule has 3 aromatic rings. The topological polar surface area (TPSA) is 80.8 Å². The van der Waals surface area contributed by atoms with Gasteiger partial charge in [0, 0.05) is 11.6 Å². The molecule has 0 aliphatic rings. The standard InChI is InChI=1S/C15H11F3N4O2/c1-2-24-14(23)13-12(20-22-21-13)11-6-8-3-4-10(15(16,17)18)5-9(8)7-19-11/h3-7H,2H2,1H3,(H,20,21,22). The van der Waals surface area contributed by atoms with Gasteiger partial charge in [0.15, 0.2) is 5.69 Å². The number of fused-ring (bicyclic) bond motifs is 1. The van der Waals surface area contributed by atoms with Crippen LogP contribution in [0.15, 0.2) is 30.5 Å². The van der Waals surface area contributed by atoms with Gasteiger partial charge in [-0.2, -0.15) is 13.2 Å².